The second-order valence-corrected chi connectivity index (χ2v) is 5.42. The molecule has 0 aromatic heterocycles. The molecule has 2 heteroatoms. The van der Waals surface area contributed by atoms with Gasteiger partial charge in [0.2, 0.25) is 0 Å². The largest absolute Gasteiger partial charge is 0.391 e. The van der Waals surface area contributed by atoms with Gasteiger partial charge in [0.25, 0.3) is 0 Å². The molecule has 0 aromatic rings. The minimum absolute atomic E-state index is 0.0116. The Morgan fingerprint density at radius 1 is 1.42 bits per heavy atom. The summed E-state index contributed by atoms with van der Waals surface area (Å²) in [5, 5.41) is 13.5. The summed E-state index contributed by atoms with van der Waals surface area (Å²) in [6.45, 7) is 7.76. The van der Waals surface area contributed by atoms with E-state index in [1.165, 1.54) is 0 Å². The fraction of sp³-hybridized carbons (Fsp3) is 1.00. The van der Waals surface area contributed by atoms with E-state index in [1.807, 2.05) is 0 Å². The van der Waals surface area contributed by atoms with E-state index in [4.69, 9.17) is 0 Å². The third-order valence-corrected chi connectivity index (χ3v) is 3.78. The van der Waals surface area contributed by atoms with Crippen LogP contribution in [0.5, 0.6) is 0 Å². The quantitative estimate of drug-likeness (QED) is 0.570. The number of piperidine rings is 1. The van der Waals surface area contributed by atoms with Crippen LogP contribution >= 0.6 is 0 Å². The molecule has 0 amide bonds. The summed E-state index contributed by atoms with van der Waals surface area (Å²) in [6, 6.07) is 0. The van der Waals surface area contributed by atoms with E-state index in [0.717, 1.165) is 25.3 Å². The molecule has 1 aliphatic carbocycles. The maximum atomic E-state index is 9.94. The summed E-state index contributed by atoms with van der Waals surface area (Å²) in [5.74, 6) is 0.722. The van der Waals surface area contributed by atoms with Crippen LogP contribution < -0.4 is 5.32 Å². The van der Waals surface area contributed by atoms with Gasteiger partial charge in [-0.2, -0.15) is 0 Å². The number of rotatable bonds is 0. The molecule has 3 atom stereocenters. The Hall–Kier alpha value is -0.0800. The summed E-state index contributed by atoms with van der Waals surface area (Å²) in [5.41, 5.74) is 0.190. The number of nitrogens with one attached hydrogen (secondary N) is 1. The Bertz CT molecular complexity index is 197. The molecule has 2 aliphatic rings. The van der Waals surface area contributed by atoms with Crippen LogP contribution in [0.2, 0.25) is 0 Å². The van der Waals surface area contributed by atoms with Crippen molar-refractivity contribution in [2.45, 2.75) is 45.3 Å². The lowest BCUT2D eigenvalue weighted by atomic mass is 9.72. The molecule has 12 heavy (non-hydrogen) atoms. The molecule has 1 saturated heterocycles. The molecule has 1 heterocycles. The van der Waals surface area contributed by atoms with Crippen LogP contribution in [0.15, 0.2) is 0 Å². The third kappa shape index (κ3) is 0.882. The van der Waals surface area contributed by atoms with Gasteiger partial charge >= 0.3 is 0 Å². The van der Waals surface area contributed by atoms with Crippen molar-refractivity contribution in [1.29, 1.82) is 0 Å². The normalized spacial score (nSPS) is 47.0. The first kappa shape index (κ1) is 8.52. The molecule has 0 spiro atoms. The third-order valence-electron chi connectivity index (χ3n) is 3.78. The SMILES string of the molecule is CC(C)(C)[C@@]12C[C@H](CN1)C[C@@H]2O. The highest BCUT2D eigenvalue weighted by atomic mass is 16.3. The molecular formula is C10H19NO. The van der Waals surface area contributed by atoms with Crippen LogP contribution in [0.3, 0.4) is 0 Å². The van der Waals surface area contributed by atoms with Crippen molar-refractivity contribution >= 4 is 0 Å². The van der Waals surface area contributed by atoms with E-state index in [1.54, 1.807) is 0 Å². The molecule has 2 rings (SSSR count). The lowest BCUT2D eigenvalue weighted by Crippen LogP contribution is -2.58. The van der Waals surface area contributed by atoms with E-state index in [-0.39, 0.29) is 17.1 Å². The molecule has 70 valence electrons. The zero-order valence-electron chi connectivity index (χ0n) is 8.22. The lowest BCUT2D eigenvalue weighted by molar-refractivity contribution is 0.0112. The van der Waals surface area contributed by atoms with Crippen molar-refractivity contribution in [3.63, 3.8) is 0 Å². The van der Waals surface area contributed by atoms with Crippen molar-refractivity contribution in [2.24, 2.45) is 11.3 Å². The predicted octanol–water partition coefficient (Wildman–Crippen LogP) is 1.15. The zero-order valence-corrected chi connectivity index (χ0v) is 8.22. The molecule has 2 nitrogen and oxygen atoms in total. The molecule has 2 bridgehead atoms. The van der Waals surface area contributed by atoms with Gasteiger partial charge in [-0.1, -0.05) is 20.8 Å². The monoisotopic (exact) mass is 169 g/mol. The minimum atomic E-state index is -0.128. The van der Waals surface area contributed by atoms with Crippen LogP contribution in [0.4, 0.5) is 0 Å². The van der Waals surface area contributed by atoms with E-state index < -0.39 is 0 Å². The molecule has 2 fully saturated rings. The number of fused-ring (bicyclic) bond motifs is 2. The molecule has 0 unspecified atom stereocenters. The topological polar surface area (TPSA) is 32.3 Å². The average Bonchev–Trinajstić information content (AvgIpc) is 2.41. The standard InChI is InChI=1S/C10H19NO/c1-9(2,3)10-5-7(6-11-10)4-8(10)12/h7-8,11-12H,4-6H2,1-3H3/t7-,8+,10+/m1/s1. The second kappa shape index (κ2) is 2.24. The van der Waals surface area contributed by atoms with Crippen LogP contribution in [0.25, 0.3) is 0 Å². The minimum Gasteiger partial charge on any atom is -0.391 e. The van der Waals surface area contributed by atoms with Crippen LogP contribution in [-0.2, 0) is 0 Å². The van der Waals surface area contributed by atoms with E-state index in [2.05, 4.69) is 26.1 Å². The Morgan fingerprint density at radius 2 is 2.08 bits per heavy atom. The predicted molar refractivity (Wildman–Crippen MR) is 48.9 cm³/mol. The molecular weight excluding hydrogens is 150 g/mol. The summed E-state index contributed by atoms with van der Waals surface area (Å²) in [6.07, 6.45) is 2.04. The Labute approximate surface area is 74.4 Å². The summed E-state index contributed by atoms with van der Waals surface area (Å²) in [7, 11) is 0. The first-order valence-corrected chi connectivity index (χ1v) is 4.89. The number of aliphatic hydroxyl groups excluding tert-OH is 1. The number of aliphatic hydroxyl groups is 1. The fourth-order valence-electron chi connectivity index (χ4n) is 2.93. The van der Waals surface area contributed by atoms with Crippen LogP contribution in [0, 0.1) is 11.3 Å². The van der Waals surface area contributed by atoms with Crippen LogP contribution in [0.1, 0.15) is 33.6 Å². The highest BCUT2D eigenvalue weighted by molar-refractivity contribution is 5.14. The van der Waals surface area contributed by atoms with Gasteiger partial charge in [-0.05, 0) is 30.7 Å². The highest BCUT2D eigenvalue weighted by Crippen LogP contribution is 2.49. The lowest BCUT2D eigenvalue weighted by Gasteiger charge is -2.44. The average molecular weight is 169 g/mol. The van der Waals surface area contributed by atoms with Gasteiger partial charge in [0.05, 0.1) is 6.10 Å². The van der Waals surface area contributed by atoms with Crippen molar-refractivity contribution in [3.05, 3.63) is 0 Å². The smallest absolute Gasteiger partial charge is 0.0730 e. The van der Waals surface area contributed by atoms with Crippen molar-refractivity contribution in [3.8, 4) is 0 Å². The number of hydrogen-bond acceptors (Lipinski definition) is 2. The molecule has 0 aromatic carbocycles. The van der Waals surface area contributed by atoms with Crippen molar-refractivity contribution in [1.82, 2.24) is 5.32 Å². The summed E-state index contributed by atoms with van der Waals surface area (Å²) < 4.78 is 0. The maximum absolute atomic E-state index is 9.94. The number of hydrogen-bond donors (Lipinski definition) is 2. The molecule has 2 N–H and O–H groups in total. The van der Waals surface area contributed by atoms with Gasteiger partial charge in [0.1, 0.15) is 0 Å². The Morgan fingerprint density at radius 3 is 2.33 bits per heavy atom. The van der Waals surface area contributed by atoms with Gasteiger partial charge in [-0.15, -0.1) is 0 Å². The maximum Gasteiger partial charge on any atom is 0.0730 e. The van der Waals surface area contributed by atoms with Gasteiger partial charge < -0.3 is 10.4 Å². The van der Waals surface area contributed by atoms with Gasteiger partial charge in [0, 0.05) is 5.54 Å². The van der Waals surface area contributed by atoms with Crippen LogP contribution in [-0.4, -0.2) is 23.3 Å². The first-order valence-electron chi connectivity index (χ1n) is 4.89. The highest BCUT2D eigenvalue weighted by Gasteiger charge is 2.57. The summed E-state index contributed by atoms with van der Waals surface area (Å²) >= 11 is 0. The van der Waals surface area contributed by atoms with Crippen molar-refractivity contribution < 1.29 is 5.11 Å². The van der Waals surface area contributed by atoms with Gasteiger partial charge in [-0.3, -0.25) is 0 Å². The molecule has 0 radical (unpaired) electrons. The Balaban J connectivity index is 2.30. The van der Waals surface area contributed by atoms with E-state index in [0.29, 0.717) is 0 Å². The van der Waals surface area contributed by atoms with Gasteiger partial charge in [-0.25, -0.2) is 0 Å². The molecule has 1 aliphatic heterocycles. The molecule has 1 saturated carbocycles. The fourth-order valence-corrected chi connectivity index (χ4v) is 2.93. The van der Waals surface area contributed by atoms with E-state index in [9.17, 15) is 5.11 Å². The zero-order chi connectivity index (χ0) is 8.98. The first-order chi connectivity index (χ1) is 5.46. The van der Waals surface area contributed by atoms with Crippen molar-refractivity contribution in [2.75, 3.05) is 6.54 Å². The summed E-state index contributed by atoms with van der Waals surface area (Å²) in [4.78, 5) is 0. The van der Waals surface area contributed by atoms with E-state index >= 15 is 0 Å². The van der Waals surface area contributed by atoms with Gasteiger partial charge in [0.15, 0.2) is 0 Å². The Kier molecular flexibility index (Phi) is 1.59. The second-order valence-electron chi connectivity index (χ2n) is 5.42.